The number of hydrogen-bond donors (Lipinski definition) is 0. The number of fused-ring (bicyclic) bond motifs is 5. The van der Waals surface area contributed by atoms with E-state index in [4.69, 9.17) is 0 Å². The smallest absolute Gasteiger partial charge is 0.0648 e. The summed E-state index contributed by atoms with van der Waals surface area (Å²) in [5.74, 6) is 0. The Morgan fingerprint density at radius 3 is 1.36 bits per heavy atom. The first-order chi connectivity index (χ1) is 26.3. The Labute approximate surface area is 379 Å². The van der Waals surface area contributed by atoms with Crippen LogP contribution in [0.5, 0.6) is 0 Å². The van der Waals surface area contributed by atoms with Gasteiger partial charge in [-0.25, -0.2) is 12.2 Å². The molecule has 0 bridgehead atoms. The Kier molecular flexibility index (Phi) is 19.1. The number of allylic oxidation sites excluding steroid dienone is 4. The number of halogens is 2. The van der Waals surface area contributed by atoms with Crippen LogP contribution in [0.25, 0.3) is 32.7 Å². The van der Waals surface area contributed by atoms with Crippen molar-refractivity contribution in [3.63, 3.8) is 0 Å². The molecule has 58 heavy (non-hydrogen) atoms. The molecule has 0 N–H and O–H groups in total. The van der Waals surface area contributed by atoms with Gasteiger partial charge in [0, 0.05) is 0 Å². The summed E-state index contributed by atoms with van der Waals surface area (Å²) < 4.78 is 3.34. The Balaban J connectivity index is 0.000000322. The maximum absolute atomic E-state index is 3.90. The molecule has 0 saturated heterocycles. The normalized spacial score (nSPS) is 12.4. The summed E-state index contributed by atoms with van der Waals surface area (Å²) in [6, 6.07) is 46.0. The molecule has 0 fully saturated rings. The molecule has 0 heterocycles. The van der Waals surface area contributed by atoms with E-state index in [2.05, 4.69) is 172 Å². The van der Waals surface area contributed by atoms with Crippen molar-refractivity contribution in [2.75, 3.05) is 0 Å². The van der Waals surface area contributed by atoms with E-state index in [0.29, 0.717) is 0 Å². The van der Waals surface area contributed by atoms with Crippen LogP contribution in [-0.2, 0) is 52.3 Å². The molecule has 0 spiro atoms. The summed E-state index contributed by atoms with van der Waals surface area (Å²) in [4.78, 5) is 0. The van der Waals surface area contributed by atoms with Crippen LogP contribution in [0, 0.1) is 24.3 Å². The van der Waals surface area contributed by atoms with Gasteiger partial charge in [-0.15, -0.1) is 81.6 Å². The molecule has 0 amide bonds. The van der Waals surface area contributed by atoms with Crippen LogP contribution in [0.3, 0.4) is 0 Å². The molecule has 306 valence electrons. The maximum Gasteiger partial charge on any atom is -0.0648 e. The number of rotatable bonds is 0. The van der Waals surface area contributed by atoms with E-state index < -0.39 is 0 Å². The van der Waals surface area contributed by atoms with Crippen molar-refractivity contribution in [1.82, 2.24) is 0 Å². The van der Waals surface area contributed by atoms with Gasteiger partial charge in [0.1, 0.15) is 0 Å². The van der Waals surface area contributed by atoms with E-state index in [1.807, 2.05) is 60.7 Å². The van der Waals surface area contributed by atoms with Crippen molar-refractivity contribution >= 4 is 50.6 Å². The zero-order chi connectivity index (χ0) is 41.3. The Hall–Kier alpha value is -3.35. The van der Waals surface area contributed by atoms with Crippen molar-refractivity contribution in [2.24, 2.45) is 0 Å². The zero-order valence-corrected chi connectivity index (χ0v) is 41.1. The largest absolute Gasteiger partial charge is 0.183 e. The van der Waals surface area contributed by atoms with E-state index >= 15 is 0 Å². The molecular weight excluding hydrogens is 823 g/mol. The fourth-order valence-corrected chi connectivity index (χ4v) is 7.10. The molecule has 3 heteroatoms. The molecule has 6 aromatic carbocycles. The summed E-state index contributed by atoms with van der Waals surface area (Å²) in [5.41, 5.74) is 11.9. The molecule has 0 radical (unpaired) electrons. The van der Waals surface area contributed by atoms with E-state index in [1.54, 1.807) is 0 Å². The molecule has 0 saturated carbocycles. The van der Waals surface area contributed by atoms with Gasteiger partial charge in [-0.05, 0) is 39.4 Å². The van der Waals surface area contributed by atoms with Gasteiger partial charge in [0.15, 0.2) is 0 Å². The quantitative estimate of drug-likeness (QED) is 0.133. The summed E-state index contributed by atoms with van der Waals surface area (Å²) in [6.07, 6.45) is 11.0. The third-order valence-electron chi connectivity index (χ3n) is 10.0. The molecule has 0 atom stereocenters. The average Bonchev–Trinajstić information content (AvgIpc) is 3.86. The van der Waals surface area contributed by atoms with E-state index in [1.165, 1.54) is 90.3 Å². The van der Waals surface area contributed by atoms with Crippen molar-refractivity contribution in [2.45, 2.75) is 118 Å². The van der Waals surface area contributed by atoms with Crippen molar-refractivity contribution < 1.29 is 24.2 Å². The molecule has 2 aliphatic rings. The van der Waals surface area contributed by atoms with Crippen molar-refractivity contribution in [3.05, 3.63) is 179 Å². The predicted octanol–water partition coefficient (Wildman–Crippen LogP) is 15.6. The molecule has 0 nitrogen and oxygen atoms in total. The van der Waals surface area contributed by atoms with Gasteiger partial charge in [0.2, 0.25) is 0 Å². The topological polar surface area (TPSA) is 0 Å². The summed E-state index contributed by atoms with van der Waals surface area (Å²) in [5, 5.41) is 5.07. The van der Waals surface area contributed by atoms with Gasteiger partial charge >= 0.3 is 28.4 Å². The third-order valence-corrected chi connectivity index (χ3v) is 10.0. The van der Waals surface area contributed by atoms with Gasteiger partial charge in [-0.1, -0.05) is 143 Å². The van der Waals surface area contributed by atoms with E-state index in [0.717, 1.165) is 12.8 Å². The number of hydrogen-bond acceptors (Lipinski definition) is 0. The van der Waals surface area contributed by atoms with E-state index in [9.17, 15) is 0 Å². The fourth-order valence-electron chi connectivity index (χ4n) is 7.10. The molecule has 0 aromatic heterocycles. The SMILES string of the molecule is CC(C)(C)c1[c-]c2c(cc1C(C)(C)C)-c1cc(C(C)(C)C)c(C(C)(C)C)cc1C2.Cl.Cl.[C-]1=CC=CC1.[CH2]=[Zr].[c-]1ccc2ccccc2c1.[c-]1ccc2ccccc2c1. The van der Waals surface area contributed by atoms with Crippen LogP contribution in [-0.4, -0.2) is 4.21 Å². The molecular formula is C55H64Cl2Zr-4. The van der Waals surface area contributed by atoms with Crippen LogP contribution < -0.4 is 0 Å². The Bertz CT molecular complexity index is 1990. The van der Waals surface area contributed by atoms with Gasteiger partial charge in [-0.3, -0.25) is 6.08 Å². The minimum Gasteiger partial charge on any atom is -0.183 e. The number of benzene rings is 6. The van der Waals surface area contributed by atoms with Gasteiger partial charge in [0.25, 0.3) is 0 Å². The van der Waals surface area contributed by atoms with Crippen LogP contribution >= 0.6 is 24.8 Å². The zero-order valence-electron chi connectivity index (χ0n) is 37.0. The molecule has 8 rings (SSSR count). The summed E-state index contributed by atoms with van der Waals surface area (Å²) >= 11 is 1.30. The monoisotopic (exact) mass is 884 g/mol. The van der Waals surface area contributed by atoms with Crippen LogP contribution in [0.15, 0.2) is 121 Å². The second-order valence-corrected chi connectivity index (χ2v) is 18.7. The van der Waals surface area contributed by atoms with Crippen LogP contribution in [0.4, 0.5) is 0 Å². The molecule has 6 aromatic rings. The van der Waals surface area contributed by atoms with Crippen LogP contribution in [0.2, 0.25) is 0 Å². The van der Waals surface area contributed by atoms with Gasteiger partial charge in [-0.2, -0.15) is 72.3 Å². The van der Waals surface area contributed by atoms with Crippen LogP contribution in [0.1, 0.15) is 123 Å². The molecule has 2 aliphatic carbocycles. The van der Waals surface area contributed by atoms with Gasteiger partial charge < -0.3 is 0 Å². The Morgan fingerprint density at radius 1 is 0.534 bits per heavy atom. The minimum atomic E-state index is 0. The molecule has 0 unspecified atom stereocenters. The first-order valence-electron chi connectivity index (χ1n) is 19.9. The summed E-state index contributed by atoms with van der Waals surface area (Å²) in [6.45, 7) is 28.0. The second-order valence-electron chi connectivity index (χ2n) is 18.7. The first-order valence-corrected chi connectivity index (χ1v) is 21.6. The van der Waals surface area contributed by atoms with Gasteiger partial charge in [0.05, 0.1) is 0 Å². The second kappa shape index (κ2) is 21.8. The first kappa shape index (κ1) is 50.8. The standard InChI is InChI=1S/C29H41.2C10H7.C5H5.CH2.2ClH.Zr/c1-26(2,3)22-14-18-13-19-15-23(27(4,5)6)25(29(10,11)12)17-21(19)20(18)16-24(22)28(7,8)9;2*1-2-6-10-8-4-3-7-9(10)5-1;1-2-4-5-3-1;;;;/h14,16-17H,13H2,1-12H3;2*1-3,5-8H;1-3H,4H2;1H2;2*1H;/q4*-1;;;;. The van der Waals surface area contributed by atoms with Crippen molar-refractivity contribution in [3.8, 4) is 11.1 Å². The molecule has 0 aliphatic heterocycles. The van der Waals surface area contributed by atoms with Crippen molar-refractivity contribution in [1.29, 1.82) is 0 Å². The Morgan fingerprint density at radius 2 is 0.983 bits per heavy atom. The predicted molar refractivity (Wildman–Crippen MR) is 257 cm³/mol. The van der Waals surface area contributed by atoms with E-state index in [-0.39, 0.29) is 46.5 Å². The fraction of sp³-hybridized carbons (Fsp3) is 0.327. The average molecular weight is 887 g/mol. The minimum absolute atomic E-state index is 0. The summed E-state index contributed by atoms with van der Waals surface area (Å²) in [7, 11) is 0. The maximum atomic E-state index is 3.90. The third kappa shape index (κ3) is 13.6.